The zero-order valence-electron chi connectivity index (χ0n) is 13.0. The van der Waals surface area contributed by atoms with Crippen molar-refractivity contribution in [3.63, 3.8) is 0 Å². The van der Waals surface area contributed by atoms with E-state index in [1.165, 1.54) is 0 Å². The molecule has 0 rings (SSSR count). The Bertz CT molecular complexity index is 267. The molecule has 0 amide bonds. The van der Waals surface area contributed by atoms with Crippen LogP contribution in [-0.2, 0) is 9.53 Å². The van der Waals surface area contributed by atoms with Gasteiger partial charge in [-0.2, -0.15) is 0 Å². The summed E-state index contributed by atoms with van der Waals surface area (Å²) in [6.45, 7) is 10.8. The molecule has 0 aliphatic rings. The number of quaternary nitrogens is 1. The van der Waals surface area contributed by atoms with Crippen LogP contribution in [0.2, 0.25) is 0 Å². The summed E-state index contributed by atoms with van der Waals surface area (Å²) in [5.41, 5.74) is -0.433. The molecule has 2 N–H and O–H groups in total. The van der Waals surface area contributed by atoms with E-state index in [0.29, 0.717) is 6.54 Å². The van der Waals surface area contributed by atoms with E-state index in [9.17, 15) is 9.90 Å². The SMILES string of the molecule is C[NH+](C)CC(O)COC(=O)C(C)(C)CC(C)(C)C. The molecule has 0 aromatic carbocycles. The zero-order chi connectivity index (χ0) is 14.6. The second-order valence-corrected chi connectivity index (χ2v) is 7.28. The van der Waals surface area contributed by atoms with Crippen molar-refractivity contribution in [1.29, 1.82) is 0 Å². The van der Waals surface area contributed by atoms with Crippen LogP contribution in [0, 0.1) is 10.8 Å². The molecule has 0 aromatic rings. The van der Waals surface area contributed by atoms with Gasteiger partial charge in [-0.25, -0.2) is 0 Å². The van der Waals surface area contributed by atoms with Gasteiger partial charge >= 0.3 is 5.97 Å². The van der Waals surface area contributed by atoms with E-state index in [-0.39, 0.29) is 18.0 Å². The highest BCUT2D eigenvalue weighted by Gasteiger charge is 2.34. The Kier molecular flexibility index (Phi) is 6.30. The number of aliphatic hydroxyl groups is 1. The largest absolute Gasteiger partial charge is 0.462 e. The molecule has 0 aliphatic heterocycles. The number of ether oxygens (including phenoxy) is 1. The number of aliphatic hydroxyl groups excluding tert-OH is 1. The first-order chi connectivity index (χ1) is 7.94. The Balaban J connectivity index is 4.23. The van der Waals surface area contributed by atoms with Crippen LogP contribution >= 0.6 is 0 Å². The minimum Gasteiger partial charge on any atom is -0.462 e. The number of esters is 1. The lowest BCUT2D eigenvalue weighted by molar-refractivity contribution is -0.861. The lowest BCUT2D eigenvalue weighted by Gasteiger charge is -2.30. The van der Waals surface area contributed by atoms with Crippen LogP contribution in [0.3, 0.4) is 0 Å². The molecule has 108 valence electrons. The summed E-state index contributed by atoms with van der Waals surface area (Å²) in [4.78, 5) is 13.1. The zero-order valence-corrected chi connectivity index (χ0v) is 13.0. The first kappa shape index (κ1) is 17.4. The first-order valence-corrected chi connectivity index (χ1v) is 6.58. The Morgan fingerprint density at radius 3 is 2.11 bits per heavy atom. The maximum absolute atomic E-state index is 12.0. The molecule has 4 heteroatoms. The van der Waals surface area contributed by atoms with E-state index in [0.717, 1.165) is 11.3 Å². The maximum Gasteiger partial charge on any atom is 0.311 e. The van der Waals surface area contributed by atoms with Crippen LogP contribution in [-0.4, -0.2) is 44.4 Å². The molecular weight excluding hydrogens is 230 g/mol. The van der Waals surface area contributed by atoms with Crippen LogP contribution in [0.4, 0.5) is 0 Å². The van der Waals surface area contributed by atoms with Crippen molar-refractivity contribution >= 4 is 5.97 Å². The number of nitrogens with one attached hydrogen (secondary N) is 1. The Labute approximate surface area is 111 Å². The van der Waals surface area contributed by atoms with E-state index in [1.807, 2.05) is 27.9 Å². The van der Waals surface area contributed by atoms with E-state index >= 15 is 0 Å². The van der Waals surface area contributed by atoms with Gasteiger partial charge in [-0.05, 0) is 25.7 Å². The number of carbonyl (C=O) groups is 1. The predicted octanol–water partition coefficient (Wildman–Crippen LogP) is 0.497. The lowest BCUT2D eigenvalue weighted by atomic mass is 9.76. The number of likely N-dealkylation sites (N-methyl/N-ethyl adjacent to an activating group) is 1. The van der Waals surface area contributed by atoms with E-state index in [2.05, 4.69) is 20.8 Å². The van der Waals surface area contributed by atoms with Crippen LogP contribution in [0.5, 0.6) is 0 Å². The van der Waals surface area contributed by atoms with E-state index < -0.39 is 11.5 Å². The predicted molar refractivity (Wildman–Crippen MR) is 72.5 cm³/mol. The average Bonchev–Trinajstić information content (AvgIpc) is 2.08. The van der Waals surface area contributed by atoms with Gasteiger partial charge < -0.3 is 14.7 Å². The minimum absolute atomic E-state index is 0.0783. The summed E-state index contributed by atoms with van der Waals surface area (Å²) >= 11 is 0. The molecule has 0 radical (unpaired) electrons. The molecule has 0 saturated carbocycles. The van der Waals surface area contributed by atoms with Gasteiger partial charge in [0.15, 0.2) is 0 Å². The fraction of sp³-hybridized carbons (Fsp3) is 0.929. The second-order valence-electron chi connectivity index (χ2n) is 7.28. The Morgan fingerprint density at radius 1 is 1.22 bits per heavy atom. The topological polar surface area (TPSA) is 51.0 Å². The molecule has 0 aliphatic carbocycles. The van der Waals surface area contributed by atoms with Gasteiger partial charge in [-0.1, -0.05) is 20.8 Å². The number of hydrogen-bond acceptors (Lipinski definition) is 3. The van der Waals surface area contributed by atoms with Crippen LogP contribution in [0.25, 0.3) is 0 Å². The van der Waals surface area contributed by atoms with Crippen LogP contribution in [0.15, 0.2) is 0 Å². The molecular formula is C14H30NO3+. The van der Waals surface area contributed by atoms with Crippen molar-refractivity contribution < 1.29 is 19.5 Å². The molecule has 18 heavy (non-hydrogen) atoms. The van der Waals surface area contributed by atoms with E-state index in [4.69, 9.17) is 4.74 Å². The fourth-order valence-corrected chi connectivity index (χ4v) is 2.30. The van der Waals surface area contributed by atoms with Gasteiger partial charge in [0, 0.05) is 0 Å². The van der Waals surface area contributed by atoms with Crippen LogP contribution < -0.4 is 4.90 Å². The van der Waals surface area contributed by atoms with Gasteiger partial charge in [-0.15, -0.1) is 0 Å². The highest BCUT2D eigenvalue weighted by Crippen LogP contribution is 2.34. The molecule has 0 spiro atoms. The van der Waals surface area contributed by atoms with Crippen molar-refractivity contribution in [2.45, 2.75) is 47.1 Å². The highest BCUT2D eigenvalue weighted by atomic mass is 16.5. The highest BCUT2D eigenvalue weighted by molar-refractivity contribution is 5.75. The Morgan fingerprint density at radius 2 is 1.72 bits per heavy atom. The van der Waals surface area contributed by atoms with Crippen molar-refractivity contribution in [1.82, 2.24) is 0 Å². The molecule has 0 fully saturated rings. The summed E-state index contributed by atoms with van der Waals surface area (Å²) in [5.74, 6) is -0.231. The average molecular weight is 260 g/mol. The smallest absolute Gasteiger partial charge is 0.311 e. The van der Waals surface area contributed by atoms with E-state index in [1.54, 1.807) is 0 Å². The summed E-state index contributed by atoms with van der Waals surface area (Å²) < 4.78 is 5.21. The first-order valence-electron chi connectivity index (χ1n) is 6.58. The van der Waals surface area contributed by atoms with Crippen molar-refractivity contribution in [2.75, 3.05) is 27.2 Å². The van der Waals surface area contributed by atoms with Crippen molar-refractivity contribution in [2.24, 2.45) is 10.8 Å². The van der Waals surface area contributed by atoms with Gasteiger partial charge in [-0.3, -0.25) is 4.79 Å². The normalized spacial score (nSPS) is 14.7. The fourth-order valence-electron chi connectivity index (χ4n) is 2.30. The molecule has 0 aromatic heterocycles. The third-order valence-corrected chi connectivity index (χ3v) is 2.58. The molecule has 0 saturated heterocycles. The number of rotatable bonds is 6. The lowest BCUT2D eigenvalue weighted by Crippen LogP contribution is -3.07. The summed E-state index contributed by atoms with van der Waals surface area (Å²) in [6.07, 6.45) is 0.165. The molecule has 0 bridgehead atoms. The number of hydrogen-bond donors (Lipinski definition) is 2. The van der Waals surface area contributed by atoms with Crippen molar-refractivity contribution in [3.8, 4) is 0 Å². The van der Waals surface area contributed by atoms with Crippen molar-refractivity contribution in [3.05, 3.63) is 0 Å². The summed E-state index contributed by atoms with van der Waals surface area (Å²) in [7, 11) is 3.91. The third kappa shape index (κ3) is 7.67. The molecule has 1 unspecified atom stereocenters. The second kappa shape index (κ2) is 6.53. The van der Waals surface area contributed by atoms with Crippen LogP contribution in [0.1, 0.15) is 41.0 Å². The quantitative estimate of drug-likeness (QED) is 0.684. The Hall–Kier alpha value is -0.610. The van der Waals surface area contributed by atoms with Gasteiger partial charge in [0.1, 0.15) is 19.3 Å². The third-order valence-electron chi connectivity index (χ3n) is 2.58. The maximum atomic E-state index is 12.0. The number of carbonyl (C=O) groups excluding carboxylic acids is 1. The monoisotopic (exact) mass is 260 g/mol. The summed E-state index contributed by atoms with van der Waals surface area (Å²) in [6, 6.07) is 0. The minimum atomic E-state index is -0.593. The van der Waals surface area contributed by atoms with Gasteiger partial charge in [0.25, 0.3) is 0 Å². The standard InChI is InChI=1S/C14H29NO3/c1-13(2,3)10-14(4,5)12(17)18-9-11(16)8-15(6)7/h11,16H,8-10H2,1-7H3/p+1. The van der Waals surface area contributed by atoms with Gasteiger partial charge in [0.05, 0.1) is 19.5 Å². The molecule has 4 nitrogen and oxygen atoms in total. The summed E-state index contributed by atoms with van der Waals surface area (Å²) in [5, 5.41) is 9.67. The molecule has 0 heterocycles. The van der Waals surface area contributed by atoms with Gasteiger partial charge in [0.2, 0.25) is 0 Å². The molecule has 1 atom stereocenters.